The van der Waals surface area contributed by atoms with Gasteiger partial charge < -0.3 is 18.9 Å². The summed E-state index contributed by atoms with van der Waals surface area (Å²) < 4.78 is 35.0. The van der Waals surface area contributed by atoms with Crippen LogP contribution in [0.4, 0.5) is 0 Å². The molecule has 0 saturated carbocycles. The lowest BCUT2D eigenvalue weighted by atomic mass is 10.1. The number of esters is 1. The third-order valence-electron chi connectivity index (χ3n) is 9.00. The molecule has 8 nitrogen and oxygen atoms in total. The minimum absolute atomic E-state index is 0.0797. The minimum Gasteiger partial charge on any atom is -0.457 e. The predicted molar refractivity (Wildman–Crippen MR) is 238 cm³/mol. The van der Waals surface area contributed by atoms with E-state index in [-0.39, 0.29) is 25.8 Å². The minimum atomic E-state index is -4.28. The van der Waals surface area contributed by atoms with Crippen molar-refractivity contribution in [2.75, 3.05) is 54.1 Å². The number of likely N-dealkylation sites (N-methyl/N-ethyl adjacent to an activating group) is 1. The van der Waals surface area contributed by atoms with Crippen LogP contribution in [0.2, 0.25) is 0 Å². The second-order valence-electron chi connectivity index (χ2n) is 15.7. The van der Waals surface area contributed by atoms with Crippen molar-refractivity contribution in [2.45, 2.75) is 168 Å². The summed E-state index contributed by atoms with van der Waals surface area (Å²) in [5.41, 5.74) is 0. The van der Waals surface area contributed by atoms with E-state index in [9.17, 15) is 14.3 Å². The molecule has 1 N–H and O–H groups in total. The van der Waals surface area contributed by atoms with E-state index in [2.05, 4.69) is 86.8 Å². The lowest BCUT2D eigenvalue weighted by Crippen LogP contribution is -2.37. The fourth-order valence-corrected chi connectivity index (χ4v) is 6.31. The van der Waals surface area contributed by atoms with Crippen molar-refractivity contribution >= 4 is 13.8 Å². The first-order chi connectivity index (χ1) is 27.1. The molecule has 56 heavy (non-hydrogen) atoms. The quantitative estimate of drug-likeness (QED) is 0.0217. The van der Waals surface area contributed by atoms with Crippen molar-refractivity contribution in [3.05, 3.63) is 72.9 Å². The summed E-state index contributed by atoms with van der Waals surface area (Å²) in [6.45, 7) is 5.43. The molecule has 0 bridgehead atoms. The van der Waals surface area contributed by atoms with Crippen molar-refractivity contribution in [3.8, 4) is 0 Å². The number of ether oxygens (including phenoxy) is 2. The Kier molecular flexibility index (Phi) is 38.3. The highest BCUT2D eigenvalue weighted by atomic mass is 31.2. The van der Waals surface area contributed by atoms with Gasteiger partial charge in [0.1, 0.15) is 19.3 Å². The fraction of sp³-hybridized carbons (Fsp3) is 0.723. The molecular formula is C47H85NO7P+. The van der Waals surface area contributed by atoms with Crippen LogP contribution in [0.5, 0.6) is 0 Å². The van der Waals surface area contributed by atoms with Crippen molar-refractivity contribution in [1.29, 1.82) is 0 Å². The Morgan fingerprint density at radius 3 is 1.57 bits per heavy atom. The Morgan fingerprint density at radius 1 is 0.571 bits per heavy atom. The molecule has 0 heterocycles. The highest BCUT2D eigenvalue weighted by molar-refractivity contribution is 7.47. The highest BCUT2D eigenvalue weighted by Crippen LogP contribution is 2.43. The van der Waals surface area contributed by atoms with Gasteiger partial charge in [0.15, 0.2) is 0 Å². The molecule has 9 heteroatoms. The molecule has 0 aliphatic heterocycles. The molecule has 0 rings (SSSR count). The normalized spacial score (nSPS) is 14.5. The molecule has 0 aliphatic rings. The molecule has 0 aromatic rings. The van der Waals surface area contributed by atoms with E-state index in [0.717, 1.165) is 83.5 Å². The van der Waals surface area contributed by atoms with E-state index in [1.54, 1.807) is 0 Å². The molecular weight excluding hydrogens is 721 g/mol. The Bertz CT molecular complexity index is 1120. The maximum atomic E-state index is 12.7. The smallest absolute Gasteiger partial charge is 0.457 e. The summed E-state index contributed by atoms with van der Waals surface area (Å²) >= 11 is 0. The van der Waals surface area contributed by atoms with E-state index < -0.39 is 13.9 Å². The molecule has 2 unspecified atom stereocenters. The Labute approximate surface area is 344 Å². The second-order valence-corrected chi connectivity index (χ2v) is 17.1. The monoisotopic (exact) mass is 807 g/mol. The molecule has 0 fully saturated rings. The van der Waals surface area contributed by atoms with Gasteiger partial charge in [-0.05, 0) is 83.5 Å². The van der Waals surface area contributed by atoms with Gasteiger partial charge in [0.05, 0.1) is 34.4 Å². The Morgan fingerprint density at radius 2 is 1.04 bits per heavy atom. The van der Waals surface area contributed by atoms with Gasteiger partial charge in [0, 0.05) is 13.0 Å². The molecule has 0 spiro atoms. The number of nitrogens with zero attached hydrogens (tertiary/aromatic N) is 1. The van der Waals surface area contributed by atoms with Gasteiger partial charge in [0.2, 0.25) is 0 Å². The number of rotatable bonds is 40. The van der Waals surface area contributed by atoms with E-state index in [1.165, 1.54) is 57.8 Å². The maximum Gasteiger partial charge on any atom is 0.472 e. The van der Waals surface area contributed by atoms with Gasteiger partial charge in [-0.25, -0.2) is 4.57 Å². The first-order valence-electron chi connectivity index (χ1n) is 22.2. The number of phosphoric ester groups is 1. The maximum absolute atomic E-state index is 12.7. The van der Waals surface area contributed by atoms with Crippen LogP contribution in [0, 0.1) is 0 Å². The third kappa shape index (κ3) is 43.1. The number of allylic oxidation sites excluding steroid dienone is 12. The van der Waals surface area contributed by atoms with E-state index in [0.29, 0.717) is 24.1 Å². The van der Waals surface area contributed by atoms with Crippen LogP contribution in [0.25, 0.3) is 0 Å². The average molecular weight is 807 g/mol. The summed E-state index contributed by atoms with van der Waals surface area (Å²) in [4.78, 5) is 22.9. The van der Waals surface area contributed by atoms with E-state index >= 15 is 0 Å². The molecule has 2 atom stereocenters. The summed E-state index contributed by atoms with van der Waals surface area (Å²) in [5.74, 6) is -0.337. The van der Waals surface area contributed by atoms with E-state index in [4.69, 9.17) is 18.5 Å². The second kappa shape index (κ2) is 39.8. The molecule has 0 aromatic heterocycles. The lowest BCUT2D eigenvalue weighted by molar-refractivity contribution is -0.870. The van der Waals surface area contributed by atoms with Crippen LogP contribution < -0.4 is 0 Å². The molecule has 0 saturated heterocycles. The number of phosphoric acid groups is 1. The van der Waals surface area contributed by atoms with Gasteiger partial charge in [0.25, 0.3) is 0 Å². The first kappa shape index (κ1) is 53.9. The summed E-state index contributed by atoms with van der Waals surface area (Å²) in [5, 5.41) is 0. The van der Waals surface area contributed by atoms with Gasteiger partial charge in [-0.15, -0.1) is 0 Å². The number of hydrogen-bond donors (Lipinski definition) is 1. The van der Waals surface area contributed by atoms with Crippen LogP contribution in [-0.4, -0.2) is 75.6 Å². The number of carbonyl (C=O) groups excluding carboxylic acids is 1. The molecule has 0 aromatic carbocycles. The van der Waals surface area contributed by atoms with Crippen LogP contribution >= 0.6 is 7.82 Å². The number of unbranched alkanes of at least 4 members (excludes halogenated alkanes) is 14. The van der Waals surface area contributed by atoms with Gasteiger partial charge >= 0.3 is 13.8 Å². The van der Waals surface area contributed by atoms with Crippen LogP contribution in [0.15, 0.2) is 72.9 Å². The van der Waals surface area contributed by atoms with Crippen molar-refractivity contribution < 1.29 is 37.3 Å². The molecule has 324 valence electrons. The molecule has 0 radical (unpaired) electrons. The zero-order chi connectivity index (χ0) is 41.3. The van der Waals surface area contributed by atoms with Crippen LogP contribution in [0.3, 0.4) is 0 Å². The van der Waals surface area contributed by atoms with Crippen LogP contribution in [0.1, 0.15) is 162 Å². The lowest BCUT2D eigenvalue weighted by Gasteiger charge is -2.24. The summed E-state index contributed by atoms with van der Waals surface area (Å²) in [6.07, 6.45) is 50.7. The predicted octanol–water partition coefficient (Wildman–Crippen LogP) is 13.1. The Hall–Kier alpha value is -2.06. The van der Waals surface area contributed by atoms with Crippen molar-refractivity contribution in [2.24, 2.45) is 0 Å². The Balaban J connectivity index is 4.28. The zero-order valence-electron chi connectivity index (χ0n) is 36.6. The summed E-state index contributed by atoms with van der Waals surface area (Å²) in [7, 11) is 1.64. The number of hydrogen-bond acceptors (Lipinski definition) is 6. The average Bonchev–Trinajstić information content (AvgIpc) is 3.15. The number of quaternary nitrogens is 1. The zero-order valence-corrected chi connectivity index (χ0v) is 37.5. The van der Waals surface area contributed by atoms with Crippen molar-refractivity contribution in [1.82, 2.24) is 0 Å². The number of carbonyl (C=O) groups is 1. The third-order valence-corrected chi connectivity index (χ3v) is 9.99. The standard InChI is InChI=1S/C47H84NO7P/c1-6-8-10-12-14-16-18-20-21-22-23-24-25-26-27-28-30-32-34-36-38-40-47(49)55-46(45-54-56(50,51)53-43-41-48(3,4)5)44-52-42-39-37-35-33-31-29-19-17-15-13-11-9-7-2/h8,10,14-17,20-21,23-24,26-27,46H,6-7,9,11-13,18-19,22,25,28-45H2,1-5H3/p+1/b10-8-,16-14-,17-15-,21-20-,24-23-,27-26-. The van der Waals surface area contributed by atoms with E-state index in [1.807, 2.05) is 21.1 Å². The SMILES string of the molecule is CC/C=C\C/C=C\C/C=C\C/C=C\C/C=C\CCCCCCCC(=O)OC(COCCCCCCCC/C=C\CCCCC)COP(=O)(O)OCC[N+](C)(C)C. The first-order valence-corrected chi connectivity index (χ1v) is 23.7. The topological polar surface area (TPSA) is 91.3 Å². The summed E-state index contributed by atoms with van der Waals surface area (Å²) in [6, 6.07) is 0. The van der Waals surface area contributed by atoms with Gasteiger partial charge in [-0.1, -0.05) is 145 Å². The fourth-order valence-electron chi connectivity index (χ4n) is 5.57. The molecule has 0 amide bonds. The largest absolute Gasteiger partial charge is 0.472 e. The van der Waals surface area contributed by atoms with Gasteiger partial charge in [-0.2, -0.15) is 0 Å². The van der Waals surface area contributed by atoms with Crippen molar-refractivity contribution in [3.63, 3.8) is 0 Å². The molecule has 0 aliphatic carbocycles. The van der Waals surface area contributed by atoms with Gasteiger partial charge in [-0.3, -0.25) is 13.8 Å². The van der Waals surface area contributed by atoms with Crippen LogP contribution in [-0.2, 0) is 27.9 Å². The highest BCUT2D eigenvalue weighted by Gasteiger charge is 2.26.